The van der Waals surface area contributed by atoms with E-state index in [1.807, 2.05) is 0 Å². The summed E-state index contributed by atoms with van der Waals surface area (Å²) in [5.41, 5.74) is 0.0833. The average molecular weight is 270 g/mol. The fourth-order valence-corrected chi connectivity index (χ4v) is 3.93. The fraction of sp³-hybridized carbons (Fsp3) is 1.00. The van der Waals surface area contributed by atoms with Gasteiger partial charge in [0.1, 0.15) is 0 Å². The smallest absolute Gasteiger partial charge is 0.0576 e. The Kier molecular flexibility index (Phi) is 5.88. The van der Waals surface area contributed by atoms with Crippen LogP contribution < -0.4 is 0 Å². The molecule has 0 spiro atoms. The minimum atomic E-state index is -0.0573. The zero-order valence-corrected chi connectivity index (χ0v) is 13.8. The Balaban J connectivity index is 2.99. The molecular weight excluding hydrogens is 236 g/mol. The summed E-state index contributed by atoms with van der Waals surface area (Å²) in [7, 11) is 0. The predicted molar refractivity (Wildman–Crippen MR) is 81.2 cm³/mol. The van der Waals surface area contributed by atoms with Crippen molar-refractivity contribution in [2.45, 2.75) is 73.3 Å². The van der Waals surface area contributed by atoms with E-state index in [4.69, 9.17) is 4.74 Å². The summed E-state index contributed by atoms with van der Waals surface area (Å²) in [5, 5.41) is 9.89. The molecule has 0 aromatic heterocycles. The van der Waals surface area contributed by atoms with Crippen LogP contribution in [0.1, 0.15) is 67.2 Å². The maximum Gasteiger partial charge on any atom is 0.0576 e. The molecule has 114 valence electrons. The van der Waals surface area contributed by atoms with Crippen LogP contribution in [0.4, 0.5) is 0 Å². The van der Waals surface area contributed by atoms with Gasteiger partial charge in [0.15, 0.2) is 0 Å². The number of ether oxygens (including phenoxy) is 1. The van der Waals surface area contributed by atoms with E-state index in [1.165, 1.54) is 12.8 Å². The standard InChI is InChI=1S/C17H34O2/c1-7-9-13(3)17(6,16(4,5)12-18)14-10-15(8-2)19-11-14/h13-15,18H,7-12H2,1-6H3. The highest BCUT2D eigenvalue weighted by Crippen LogP contribution is 2.54. The summed E-state index contributed by atoms with van der Waals surface area (Å²) in [4.78, 5) is 0. The first-order valence-corrected chi connectivity index (χ1v) is 8.05. The van der Waals surface area contributed by atoms with Gasteiger partial charge in [-0.15, -0.1) is 0 Å². The van der Waals surface area contributed by atoms with Gasteiger partial charge in [-0.3, -0.25) is 0 Å². The normalized spacial score (nSPS) is 29.2. The Bertz CT molecular complexity index is 274. The summed E-state index contributed by atoms with van der Waals surface area (Å²) >= 11 is 0. The third kappa shape index (κ3) is 3.16. The fourth-order valence-electron chi connectivity index (χ4n) is 3.93. The van der Waals surface area contributed by atoms with Crippen LogP contribution in [0.2, 0.25) is 0 Å². The zero-order valence-electron chi connectivity index (χ0n) is 13.8. The van der Waals surface area contributed by atoms with Gasteiger partial charge in [0.2, 0.25) is 0 Å². The van der Waals surface area contributed by atoms with Crippen molar-refractivity contribution in [2.75, 3.05) is 13.2 Å². The molecule has 2 nitrogen and oxygen atoms in total. The lowest BCUT2D eigenvalue weighted by atomic mass is 9.53. The van der Waals surface area contributed by atoms with E-state index < -0.39 is 0 Å². The maximum absolute atomic E-state index is 9.89. The van der Waals surface area contributed by atoms with Gasteiger partial charge in [-0.25, -0.2) is 0 Å². The molecule has 1 rings (SSSR count). The van der Waals surface area contributed by atoms with E-state index in [1.54, 1.807) is 0 Å². The van der Waals surface area contributed by atoms with Gasteiger partial charge in [0.05, 0.1) is 12.7 Å². The lowest BCUT2D eigenvalue weighted by molar-refractivity contribution is -0.0681. The Hall–Kier alpha value is -0.0800. The van der Waals surface area contributed by atoms with Crippen molar-refractivity contribution in [3.63, 3.8) is 0 Å². The number of hydrogen-bond donors (Lipinski definition) is 1. The van der Waals surface area contributed by atoms with Gasteiger partial charge in [-0.2, -0.15) is 0 Å². The van der Waals surface area contributed by atoms with Crippen LogP contribution in [-0.2, 0) is 4.74 Å². The van der Waals surface area contributed by atoms with E-state index in [0.717, 1.165) is 19.4 Å². The van der Waals surface area contributed by atoms with Crippen molar-refractivity contribution in [1.29, 1.82) is 0 Å². The van der Waals surface area contributed by atoms with Crippen LogP contribution in [0.5, 0.6) is 0 Å². The molecule has 4 unspecified atom stereocenters. The third-order valence-electron chi connectivity index (χ3n) is 5.98. The molecule has 1 saturated heterocycles. The van der Waals surface area contributed by atoms with Crippen molar-refractivity contribution in [3.05, 3.63) is 0 Å². The van der Waals surface area contributed by atoms with Gasteiger partial charge in [0, 0.05) is 6.61 Å². The Morgan fingerprint density at radius 1 is 1.26 bits per heavy atom. The second-order valence-electron chi connectivity index (χ2n) is 7.31. The van der Waals surface area contributed by atoms with Crippen LogP contribution in [-0.4, -0.2) is 24.4 Å². The molecule has 1 heterocycles. The highest BCUT2D eigenvalue weighted by molar-refractivity contribution is 4.99. The van der Waals surface area contributed by atoms with Gasteiger partial charge in [-0.05, 0) is 35.5 Å². The summed E-state index contributed by atoms with van der Waals surface area (Å²) < 4.78 is 5.95. The largest absolute Gasteiger partial charge is 0.396 e. The molecule has 0 aliphatic carbocycles. The van der Waals surface area contributed by atoms with Crippen LogP contribution >= 0.6 is 0 Å². The van der Waals surface area contributed by atoms with Crippen LogP contribution in [0.3, 0.4) is 0 Å². The first-order chi connectivity index (χ1) is 8.83. The summed E-state index contributed by atoms with van der Waals surface area (Å²) in [5.74, 6) is 1.19. The summed E-state index contributed by atoms with van der Waals surface area (Å²) in [6.45, 7) is 14.8. The molecule has 1 aliphatic rings. The SMILES string of the molecule is CCCC(C)C(C)(C1COC(CC)C1)C(C)(C)CO. The number of aliphatic hydroxyl groups is 1. The molecule has 0 aromatic rings. The molecular formula is C17H34O2. The molecule has 19 heavy (non-hydrogen) atoms. The van der Waals surface area contributed by atoms with Gasteiger partial charge in [0.25, 0.3) is 0 Å². The topological polar surface area (TPSA) is 29.5 Å². The third-order valence-corrected chi connectivity index (χ3v) is 5.98. The molecule has 1 N–H and O–H groups in total. The molecule has 1 fully saturated rings. The predicted octanol–water partition coefficient (Wildman–Crippen LogP) is 4.26. The molecule has 0 aromatic carbocycles. The van der Waals surface area contributed by atoms with E-state index in [-0.39, 0.29) is 17.4 Å². The molecule has 0 saturated carbocycles. The van der Waals surface area contributed by atoms with Crippen molar-refractivity contribution >= 4 is 0 Å². The van der Waals surface area contributed by atoms with Gasteiger partial charge >= 0.3 is 0 Å². The Morgan fingerprint density at radius 2 is 1.89 bits per heavy atom. The number of rotatable bonds is 7. The second-order valence-corrected chi connectivity index (χ2v) is 7.31. The van der Waals surface area contributed by atoms with Crippen LogP contribution in [0.25, 0.3) is 0 Å². The minimum Gasteiger partial charge on any atom is -0.396 e. The monoisotopic (exact) mass is 270 g/mol. The van der Waals surface area contributed by atoms with Gasteiger partial charge < -0.3 is 9.84 Å². The van der Waals surface area contributed by atoms with Crippen molar-refractivity contribution in [3.8, 4) is 0 Å². The van der Waals surface area contributed by atoms with E-state index >= 15 is 0 Å². The van der Waals surface area contributed by atoms with Crippen LogP contribution in [0, 0.1) is 22.7 Å². The quantitative estimate of drug-likeness (QED) is 0.749. The first kappa shape index (κ1) is 17.0. The maximum atomic E-state index is 9.89. The lowest BCUT2D eigenvalue weighted by Gasteiger charge is -2.51. The molecule has 0 radical (unpaired) electrons. The van der Waals surface area contributed by atoms with Crippen molar-refractivity contribution in [1.82, 2.24) is 0 Å². The summed E-state index contributed by atoms with van der Waals surface area (Å²) in [6, 6.07) is 0. The van der Waals surface area contributed by atoms with E-state index in [0.29, 0.717) is 17.9 Å². The van der Waals surface area contributed by atoms with Crippen LogP contribution in [0.15, 0.2) is 0 Å². The first-order valence-electron chi connectivity index (χ1n) is 8.05. The van der Waals surface area contributed by atoms with Gasteiger partial charge in [-0.1, -0.05) is 54.4 Å². The molecule has 1 aliphatic heterocycles. The van der Waals surface area contributed by atoms with Crippen molar-refractivity contribution in [2.24, 2.45) is 22.7 Å². The molecule has 0 bridgehead atoms. The van der Waals surface area contributed by atoms with E-state index in [2.05, 4.69) is 41.5 Å². The molecule has 0 amide bonds. The van der Waals surface area contributed by atoms with E-state index in [9.17, 15) is 5.11 Å². The Morgan fingerprint density at radius 3 is 2.32 bits per heavy atom. The minimum absolute atomic E-state index is 0.0573. The summed E-state index contributed by atoms with van der Waals surface area (Å²) in [6.07, 6.45) is 5.13. The van der Waals surface area contributed by atoms with Crippen molar-refractivity contribution < 1.29 is 9.84 Å². The number of aliphatic hydroxyl groups excluding tert-OH is 1. The molecule has 2 heteroatoms. The highest BCUT2D eigenvalue weighted by atomic mass is 16.5. The lowest BCUT2D eigenvalue weighted by Crippen LogP contribution is -2.48. The Labute approximate surface area is 119 Å². The molecule has 4 atom stereocenters. The average Bonchev–Trinajstić information content (AvgIpc) is 2.86. The highest BCUT2D eigenvalue weighted by Gasteiger charge is 2.51. The zero-order chi connectivity index (χ0) is 14.7. The second kappa shape index (κ2) is 6.58. The number of hydrogen-bond acceptors (Lipinski definition) is 2.